The molecule has 0 radical (unpaired) electrons. The quantitative estimate of drug-likeness (QED) is 0.599. The van der Waals surface area contributed by atoms with Crippen molar-refractivity contribution >= 4 is 40.3 Å². The third-order valence-electron chi connectivity index (χ3n) is 2.61. The lowest BCUT2D eigenvalue weighted by Gasteiger charge is -2.11. The van der Waals surface area contributed by atoms with E-state index in [4.69, 9.17) is 29.6 Å². The zero-order valence-corrected chi connectivity index (χ0v) is 12.1. The normalized spacial score (nSPS) is 10.1. The fraction of sp³-hybridized carbons (Fsp3) is 0.0714. The van der Waals surface area contributed by atoms with Gasteiger partial charge in [-0.3, -0.25) is 0 Å². The van der Waals surface area contributed by atoms with Gasteiger partial charge in [-0.15, -0.1) is 0 Å². The fourth-order valence-corrected chi connectivity index (χ4v) is 1.97. The van der Waals surface area contributed by atoms with Crippen LogP contribution in [-0.2, 0) is 6.54 Å². The van der Waals surface area contributed by atoms with Crippen molar-refractivity contribution in [2.45, 2.75) is 6.54 Å². The largest absolute Gasteiger partial charge is 0.399 e. The van der Waals surface area contributed by atoms with Crippen LogP contribution in [0.3, 0.4) is 0 Å². The lowest BCUT2D eigenvalue weighted by Crippen LogP contribution is -2.27. The van der Waals surface area contributed by atoms with E-state index in [1.807, 2.05) is 12.1 Å². The average Bonchev–Trinajstić information content (AvgIpc) is 2.43. The van der Waals surface area contributed by atoms with Gasteiger partial charge in [0.1, 0.15) is 5.82 Å². The predicted molar refractivity (Wildman–Crippen MR) is 85.3 cm³/mol. The van der Waals surface area contributed by atoms with Gasteiger partial charge in [-0.05, 0) is 54.2 Å². The van der Waals surface area contributed by atoms with E-state index >= 15 is 0 Å². The molecule has 0 saturated carbocycles. The van der Waals surface area contributed by atoms with Crippen LogP contribution in [0.4, 0.5) is 15.8 Å². The average molecular weight is 310 g/mol. The fourth-order valence-electron chi connectivity index (χ4n) is 1.57. The van der Waals surface area contributed by atoms with E-state index in [0.717, 1.165) is 11.3 Å². The molecule has 104 valence electrons. The van der Waals surface area contributed by atoms with Gasteiger partial charge in [-0.2, -0.15) is 0 Å². The van der Waals surface area contributed by atoms with Crippen LogP contribution in [0.25, 0.3) is 0 Å². The predicted octanol–water partition coefficient (Wildman–Crippen LogP) is 3.55. The molecular weight excluding hydrogens is 297 g/mol. The summed E-state index contributed by atoms with van der Waals surface area (Å²) in [6, 6.07) is 11.8. The second-order valence-electron chi connectivity index (χ2n) is 4.18. The number of nitrogen functional groups attached to an aromatic ring is 1. The minimum Gasteiger partial charge on any atom is -0.399 e. The first kappa shape index (κ1) is 14.6. The van der Waals surface area contributed by atoms with Crippen LogP contribution in [0.2, 0.25) is 5.02 Å². The van der Waals surface area contributed by atoms with Crippen molar-refractivity contribution in [3.63, 3.8) is 0 Å². The molecule has 2 aromatic carbocycles. The Morgan fingerprint density at radius 2 is 1.90 bits per heavy atom. The Hall–Kier alpha value is -1.85. The lowest BCUT2D eigenvalue weighted by atomic mass is 10.2. The van der Waals surface area contributed by atoms with Crippen LogP contribution < -0.4 is 16.4 Å². The highest BCUT2D eigenvalue weighted by Crippen LogP contribution is 2.16. The van der Waals surface area contributed by atoms with E-state index in [1.165, 1.54) is 6.07 Å². The number of rotatable bonds is 3. The van der Waals surface area contributed by atoms with Crippen molar-refractivity contribution in [2.75, 3.05) is 11.1 Å². The third kappa shape index (κ3) is 4.08. The van der Waals surface area contributed by atoms with Gasteiger partial charge in [-0.1, -0.05) is 17.7 Å². The molecule has 0 aromatic heterocycles. The number of nitrogens with two attached hydrogens (primary N) is 1. The summed E-state index contributed by atoms with van der Waals surface area (Å²) >= 11 is 10.9. The molecule has 0 bridgehead atoms. The molecule has 0 unspecified atom stereocenters. The van der Waals surface area contributed by atoms with Crippen LogP contribution >= 0.6 is 23.8 Å². The summed E-state index contributed by atoms with van der Waals surface area (Å²) in [6.07, 6.45) is 0. The number of thiocarbonyl (C=S) groups is 1. The molecule has 0 fully saturated rings. The first-order chi connectivity index (χ1) is 9.54. The van der Waals surface area contributed by atoms with Crippen molar-refractivity contribution in [2.24, 2.45) is 0 Å². The van der Waals surface area contributed by atoms with E-state index in [9.17, 15) is 4.39 Å². The summed E-state index contributed by atoms with van der Waals surface area (Å²) in [5.74, 6) is -0.432. The summed E-state index contributed by atoms with van der Waals surface area (Å²) in [6.45, 7) is 0.459. The van der Waals surface area contributed by atoms with Gasteiger partial charge in [0, 0.05) is 17.9 Å². The van der Waals surface area contributed by atoms with Crippen LogP contribution in [0.5, 0.6) is 0 Å². The molecule has 0 spiro atoms. The van der Waals surface area contributed by atoms with Crippen LogP contribution in [0.15, 0.2) is 42.5 Å². The van der Waals surface area contributed by atoms with Crippen molar-refractivity contribution in [1.29, 1.82) is 0 Å². The molecule has 0 atom stereocenters. The van der Waals surface area contributed by atoms with Crippen LogP contribution in [0, 0.1) is 5.82 Å². The Morgan fingerprint density at radius 1 is 1.20 bits per heavy atom. The number of anilines is 2. The Balaban J connectivity index is 1.88. The zero-order chi connectivity index (χ0) is 14.5. The maximum atomic E-state index is 13.0. The molecule has 0 amide bonds. The maximum Gasteiger partial charge on any atom is 0.171 e. The van der Waals surface area contributed by atoms with Crippen LogP contribution in [-0.4, -0.2) is 5.11 Å². The molecule has 0 aliphatic rings. The SMILES string of the molecule is Nc1ccc(NC(=S)NCc2ccc(F)c(Cl)c2)cc1. The molecule has 0 aliphatic carbocycles. The highest BCUT2D eigenvalue weighted by Gasteiger charge is 2.02. The number of halogens is 2. The second-order valence-corrected chi connectivity index (χ2v) is 4.99. The van der Waals surface area contributed by atoms with E-state index in [1.54, 1.807) is 24.3 Å². The van der Waals surface area contributed by atoms with E-state index in [-0.39, 0.29) is 5.02 Å². The monoisotopic (exact) mass is 309 g/mol. The summed E-state index contributed by atoms with van der Waals surface area (Å²) in [5.41, 5.74) is 7.98. The van der Waals surface area contributed by atoms with E-state index < -0.39 is 5.82 Å². The standard InChI is InChI=1S/C14H13ClFN3S/c15-12-7-9(1-6-13(12)16)8-18-14(20)19-11-4-2-10(17)3-5-11/h1-7H,8,17H2,(H2,18,19,20). The minimum atomic E-state index is -0.432. The Morgan fingerprint density at radius 3 is 2.55 bits per heavy atom. The number of hydrogen-bond acceptors (Lipinski definition) is 2. The number of hydrogen-bond donors (Lipinski definition) is 3. The molecule has 0 heterocycles. The maximum absolute atomic E-state index is 13.0. The van der Waals surface area contributed by atoms with Crippen molar-refractivity contribution in [3.05, 3.63) is 58.9 Å². The van der Waals surface area contributed by atoms with Crippen LogP contribution in [0.1, 0.15) is 5.56 Å². The Bertz CT molecular complexity index is 616. The highest BCUT2D eigenvalue weighted by molar-refractivity contribution is 7.80. The Labute approximate surface area is 126 Å². The minimum absolute atomic E-state index is 0.0988. The Kier molecular flexibility index (Phi) is 4.76. The topological polar surface area (TPSA) is 50.1 Å². The summed E-state index contributed by atoms with van der Waals surface area (Å²) in [5, 5.41) is 6.61. The van der Waals surface area contributed by atoms with Crippen molar-refractivity contribution < 1.29 is 4.39 Å². The van der Waals surface area contributed by atoms with E-state index in [2.05, 4.69) is 10.6 Å². The molecule has 20 heavy (non-hydrogen) atoms. The van der Waals surface area contributed by atoms with Gasteiger partial charge in [0.15, 0.2) is 5.11 Å². The molecule has 0 saturated heterocycles. The highest BCUT2D eigenvalue weighted by atomic mass is 35.5. The molecule has 2 rings (SSSR count). The lowest BCUT2D eigenvalue weighted by molar-refractivity contribution is 0.627. The summed E-state index contributed by atoms with van der Waals surface area (Å²) in [7, 11) is 0. The van der Waals surface area contributed by atoms with Gasteiger partial charge in [0.05, 0.1) is 5.02 Å². The second kappa shape index (κ2) is 6.54. The third-order valence-corrected chi connectivity index (χ3v) is 3.14. The summed E-state index contributed by atoms with van der Waals surface area (Å²) in [4.78, 5) is 0. The molecule has 0 aliphatic heterocycles. The van der Waals surface area contributed by atoms with Crippen molar-refractivity contribution in [1.82, 2.24) is 5.32 Å². The summed E-state index contributed by atoms with van der Waals surface area (Å²) < 4.78 is 13.0. The molecule has 3 nitrogen and oxygen atoms in total. The molecule has 6 heteroatoms. The van der Waals surface area contributed by atoms with Crippen molar-refractivity contribution in [3.8, 4) is 0 Å². The first-order valence-corrected chi connectivity index (χ1v) is 6.67. The van der Waals surface area contributed by atoms with Gasteiger partial charge >= 0.3 is 0 Å². The van der Waals surface area contributed by atoms with Gasteiger partial charge in [0.25, 0.3) is 0 Å². The smallest absolute Gasteiger partial charge is 0.171 e. The molecule has 2 aromatic rings. The van der Waals surface area contributed by atoms with Gasteiger partial charge < -0.3 is 16.4 Å². The van der Waals surface area contributed by atoms with Gasteiger partial charge in [-0.25, -0.2) is 4.39 Å². The van der Waals surface area contributed by atoms with E-state index in [0.29, 0.717) is 17.3 Å². The number of benzene rings is 2. The van der Waals surface area contributed by atoms with Gasteiger partial charge in [0.2, 0.25) is 0 Å². The molecular formula is C14H13ClFN3S. The molecule has 4 N–H and O–H groups in total. The number of nitrogens with one attached hydrogen (secondary N) is 2. The first-order valence-electron chi connectivity index (χ1n) is 5.89. The zero-order valence-electron chi connectivity index (χ0n) is 10.5.